The zero-order valence-corrected chi connectivity index (χ0v) is 43.7. The monoisotopic (exact) mass is 991 g/mol. The highest BCUT2D eigenvalue weighted by Crippen LogP contribution is 2.45. The fourth-order valence-corrected chi connectivity index (χ4v) is 11.9. The van der Waals surface area contributed by atoms with Gasteiger partial charge in [0.2, 0.25) is 0 Å². The molecule has 0 radical (unpaired) electrons. The Morgan fingerprint density at radius 3 is 1.22 bits per heavy atom. The number of pyridine rings is 2. The summed E-state index contributed by atoms with van der Waals surface area (Å²) in [4.78, 5) is 10.0. The maximum Gasteiger partial charge on any atom is 0.141 e. The number of aryl methyl sites for hydroxylation is 4. The Bertz CT molecular complexity index is 3340. The Hall–Kier alpha value is -6.96. The summed E-state index contributed by atoms with van der Waals surface area (Å²) in [5.74, 6) is 2.39. The van der Waals surface area contributed by atoms with Gasteiger partial charge in [-0.25, -0.2) is 0 Å². The van der Waals surface area contributed by atoms with Crippen LogP contribution in [-0.2, 0) is 20.7 Å². The fraction of sp³-hybridized carbons (Fsp3) is 0.355. The van der Waals surface area contributed by atoms with Gasteiger partial charge in [0.15, 0.2) is 0 Å². The van der Waals surface area contributed by atoms with Crippen molar-refractivity contribution < 1.29 is 28.7 Å². The normalized spacial score (nSPS) is 16.0. The highest BCUT2D eigenvalue weighted by molar-refractivity contribution is 6.08. The van der Waals surface area contributed by atoms with Crippen LogP contribution in [-0.4, -0.2) is 66.1 Å². The van der Waals surface area contributed by atoms with Gasteiger partial charge in [0.05, 0.1) is 67.8 Å². The van der Waals surface area contributed by atoms with E-state index < -0.39 is 11.2 Å². The Morgan fingerprint density at radius 1 is 0.500 bits per heavy atom. The van der Waals surface area contributed by atoms with E-state index in [4.69, 9.17) is 28.5 Å². The van der Waals surface area contributed by atoms with Gasteiger partial charge >= 0.3 is 0 Å². The predicted molar refractivity (Wildman–Crippen MR) is 291 cm³/mol. The molecular weight excluding hydrogens is 925 g/mol. The molecular formula is C62H66N6O6. The second-order valence-corrected chi connectivity index (χ2v) is 21.5. The molecule has 2 fully saturated rings. The summed E-state index contributed by atoms with van der Waals surface area (Å²) >= 11 is 0. The first-order valence-electron chi connectivity index (χ1n) is 26.1. The molecule has 12 nitrogen and oxygen atoms in total. The minimum atomic E-state index is -0.953. The van der Waals surface area contributed by atoms with Crippen LogP contribution in [0.3, 0.4) is 0 Å². The van der Waals surface area contributed by atoms with E-state index in [1.54, 1.807) is 0 Å². The van der Waals surface area contributed by atoms with E-state index in [2.05, 4.69) is 117 Å². The Morgan fingerprint density at radius 2 is 0.878 bits per heavy atom. The average Bonchev–Trinajstić information content (AvgIpc) is 4.14. The maximum atomic E-state index is 10.9. The van der Waals surface area contributed by atoms with Crippen LogP contribution in [0.2, 0.25) is 0 Å². The lowest BCUT2D eigenvalue weighted by molar-refractivity contribution is 0.0551. The highest BCUT2D eigenvalue weighted by atomic mass is 16.5. The van der Waals surface area contributed by atoms with Gasteiger partial charge in [-0.05, 0) is 139 Å². The van der Waals surface area contributed by atoms with Gasteiger partial charge < -0.3 is 37.9 Å². The molecule has 12 heteroatoms. The first-order chi connectivity index (χ1) is 35.7. The van der Waals surface area contributed by atoms with Crippen LogP contribution in [0, 0.1) is 39.5 Å². The van der Waals surface area contributed by atoms with E-state index in [-0.39, 0.29) is 12.1 Å². The second kappa shape index (κ2) is 19.7. The van der Waals surface area contributed by atoms with Gasteiger partial charge in [-0.2, -0.15) is 0 Å². The molecule has 12 rings (SSSR count). The number of aromatic nitrogens is 6. The van der Waals surface area contributed by atoms with Crippen LogP contribution in [0.4, 0.5) is 0 Å². The van der Waals surface area contributed by atoms with Crippen LogP contribution in [0.1, 0.15) is 111 Å². The second-order valence-electron chi connectivity index (χ2n) is 21.5. The van der Waals surface area contributed by atoms with E-state index >= 15 is 0 Å². The Kier molecular flexibility index (Phi) is 13.1. The largest absolute Gasteiger partial charge is 0.386 e. The molecule has 2 saturated heterocycles. The number of hydrogen-bond donors (Lipinski definition) is 2. The topological polar surface area (TPSA) is 147 Å². The number of benzene rings is 4. The summed E-state index contributed by atoms with van der Waals surface area (Å²) in [7, 11) is 0. The summed E-state index contributed by atoms with van der Waals surface area (Å²) < 4.78 is 27.4. The van der Waals surface area contributed by atoms with Gasteiger partial charge in [0.1, 0.15) is 11.5 Å². The van der Waals surface area contributed by atoms with Gasteiger partial charge in [-0.15, -0.1) is 0 Å². The molecule has 2 aliphatic rings. The Labute approximate surface area is 431 Å². The molecule has 74 heavy (non-hydrogen) atoms. The van der Waals surface area contributed by atoms with Crippen LogP contribution >= 0.6 is 0 Å². The summed E-state index contributed by atoms with van der Waals surface area (Å²) in [6.45, 7) is 18.2. The molecule has 4 aromatic carbocycles. The number of fused-ring (bicyclic) bond motifs is 6. The van der Waals surface area contributed by atoms with Crippen molar-refractivity contribution in [1.29, 1.82) is 0 Å². The third-order valence-corrected chi connectivity index (χ3v) is 15.6. The first-order valence-corrected chi connectivity index (χ1v) is 26.1. The molecule has 8 heterocycles. The zero-order chi connectivity index (χ0) is 51.5. The lowest BCUT2D eigenvalue weighted by atomic mass is 9.86. The van der Waals surface area contributed by atoms with Gasteiger partial charge in [0, 0.05) is 71.8 Å². The number of ether oxygens (including phenoxy) is 2. The highest BCUT2D eigenvalue weighted by Gasteiger charge is 2.33. The van der Waals surface area contributed by atoms with Crippen molar-refractivity contribution in [2.24, 2.45) is 11.8 Å². The maximum absolute atomic E-state index is 10.9. The molecule has 0 bridgehead atoms. The van der Waals surface area contributed by atoms with Gasteiger partial charge in [-0.3, -0.25) is 9.97 Å². The standard InChI is InChI=1S/2C31H33N3O3/c2*1-19-28(20(2)37-33-19)23-16-27-29(32-18-23)25-11-10-24(31(3,4)35)17-26(25)34(27)30(21-8-6-5-7-9-21)22-12-14-36-15-13-22/h2*5-11,16-18,22,30,35H,12-15H2,1-4H3. The lowest BCUT2D eigenvalue weighted by Crippen LogP contribution is -2.27. The molecule has 2 atom stereocenters. The van der Waals surface area contributed by atoms with Crippen molar-refractivity contribution in [3.8, 4) is 22.3 Å². The molecule has 2 N–H and O–H groups in total. The minimum absolute atomic E-state index is 0.101. The van der Waals surface area contributed by atoms with E-state index in [0.29, 0.717) is 11.8 Å². The van der Waals surface area contributed by atoms with E-state index in [0.717, 1.165) is 152 Å². The van der Waals surface area contributed by atoms with Crippen LogP contribution in [0.15, 0.2) is 131 Å². The first kappa shape index (κ1) is 49.3. The lowest BCUT2D eigenvalue weighted by Gasteiger charge is -2.33. The summed E-state index contributed by atoms with van der Waals surface area (Å²) in [6, 6.07) is 38.7. The molecule has 0 amide bonds. The number of nitrogens with zero attached hydrogens (tertiary/aromatic N) is 6. The number of rotatable bonds is 10. The fourth-order valence-electron chi connectivity index (χ4n) is 11.9. The van der Waals surface area contributed by atoms with E-state index in [1.165, 1.54) is 11.1 Å². The third kappa shape index (κ3) is 9.12. The van der Waals surface area contributed by atoms with Crippen LogP contribution < -0.4 is 0 Å². The summed E-state index contributed by atoms with van der Waals surface area (Å²) in [6.07, 6.45) is 7.81. The smallest absolute Gasteiger partial charge is 0.141 e. The van der Waals surface area contributed by atoms with Crippen molar-refractivity contribution in [2.45, 2.75) is 104 Å². The Balaban J connectivity index is 0.000000159. The molecule has 2 aliphatic heterocycles. The SMILES string of the molecule is Cc1noc(C)c1-c1cnc2c3ccc(C(C)(C)O)cc3n(C(c3ccccc3)C3CCOCC3)c2c1.Cc1noc(C)c1-c1cnc2c3ccc(C(C)(C)O)cc3n(C(c3ccccc3)C3CCOCC3)c2c1. The van der Waals surface area contributed by atoms with Crippen LogP contribution in [0.5, 0.6) is 0 Å². The quantitative estimate of drug-likeness (QED) is 0.136. The molecule has 2 unspecified atom stereocenters. The van der Waals surface area contributed by atoms with Gasteiger partial charge in [-0.1, -0.05) is 95.2 Å². The van der Waals surface area contributed by atoms with Crippen molar-refractivity contribution in [3.63, 3.8) is 0 Å². The van der Waals surface area contributed by atoms with Crippen molar-refractivity contribution in [1.82, 2.24) is 29.4 Å². The number of hydrogen-bond acceptors (Lipinski definition) is 10. The minimum Gasteiger partial charge on any atom is -0.386 e. The molecule has 0 aliphatic carbocycles. The van der Waals surface area contributed by atoms with Crippen molar-refractivity contribution >= 4 is 43.9 Å². The van der Waals surface area contributed by atoms with Crippen molar-refractivity contribution in [3.05, 3.63) is 167 Å². The molecule has 0 saturated carbocycles. The zero-order valence-electron chi connectivity index (χ0n) is 43.7. The predicted octanol–water partition coefficient (Wildman–Crippen LogP) is 13.4. The summed E-state index contributed by atoms with van der Waals surface area (Å²) in [5, 5.41) is 32.3. The van der Waals surface area contributed by atoms with Crippen molar-refractivity contribution in [2.75, 3.05) is 26.4 Å². The number of aliphatic hydroxyl groups is 2. The molecule has 0 spiro atoms. The van der Waals surface area contributed by atoms with Gasteiger partial charge in [0.25, 0.3) is 0 Å². The molecule has 380 valence electrons. The summed E-state index contributed by atoms with van der Waals surface area (Å²) in [5.41, 5.74) is 14.3. The molecule has 10 aromatic rings. The third-order valence-electron chi connectivity index (χ3n) is 15.6. The molecule has 6 aromatic heterocycles. The van der Waals surface area contributed by atoms with E-state index in [1.807, 2.05) is 79.9 Å². The average molecular weight is 991 g/mol. The van der Waals surface area contributed by atoms with E-state index in [9.17, 15) is 10.2 Å². The van der Waals surface area contributed by atoms with Crippen LogP contribution in [0.25, 0.3) is 66.1 Å².